The van der Waals surface area contributed by atoms with Crippen LogP contribution in [0, 0.1) is 13.8 Å². The second-order valence-corrected chi connectivity index (χ2v) is 10.6. The third-order valence-electron chi connectivity index (χ3n) is 6.62. The SMILES string of the molecule is COCOCc1c(C)c2c(c3c1CCN3S(=O)(=O)c1ccc(C)cc1)[C@H](C)C[C@@H]2C. The minimum Gasteiger partial charge on any atom is -0.359 e. The molecule has 2 aliphatic rings. The van der Waals surface area contributed by atoms with Gasteiger partial charge in [0.2, 0.25) is 0 Å². The second kappa shape index (κ2) is 7.98. The van der Waals surface area contributed by atoms with Crippen molar-refractivity contribution in [1.82, 2.24) is 0 Å². The monoisotopic (exact) mass is 429 g/mol. The normalized spacial score (nSPS) is 20.5. The van der Waals surface area contributed by atoms with Crippen LogP contribution in [0.3, 0.4) is 0 Å². The van der Waals surface area contributed by atoms with Crippen LogP contribution >= 0.6 is 0 Å². The maximum atomic E-state index is 13.6. The summed E-state index contributed by atoms with van der Waals surface area (Å²) in [6.07, 6.45) is 1.75. The smallest absolute Gasteiger partial charge is 0.264 e. The number of methoxy groups -OCH3 is 1. The molecule has 162 valence electrons. The zero-order chi connectivity index (χ0) is 21.6. The molecule has 0 fully saturated rings. The minimum absolute atomic E-state index is 0.225. The third-order valence-corrected chi connectivity index (χ3v) is 8.43. The highest BCUT2D eigenvalue weighted by Gasteiger charge is 2.40. The van der Waals surface area contributed by atoms with Crippen molar-refractivity contribution in [2.24, 2.45) is 0 Å². The molecule has 0 saturated carbocycles. The molecule has 1 heterocycles. The van der Waals surface area contributed by atoms with Crippen molar-refractivity contribution >= 4 is 15.7 Å². The second-order valence-electron chi connectivity index (χ2n) is 8.69. The summed E-state index contributed by atoms with van der Waals surface area (Å²) in [6.45, 7) is 9.73. The minimum atomic E-state index is -3.62. The van der Waals surface area contributed by atoms with Gasteiger partial charge in [-0.05, 0) is 78.5 Å². The molecule has 0 N–H and O–H groups in total. The van der Waals surface area contributed by atoms with Gasteiger partial charge in [0.05, 0.1) is 17.2 Å². The number of rotatable bonds is 6. The molecule has 1 aliphatic heterocycles. The molecule has 5 nitrogen and oxygen atoms in total. The van der Waals surface area contributed by atoms with E-state index in [-0.39, 0.29) is 6.79 Å². The topological polar surface area (TPSA) is 55.8 Å². The molecule has 0 bridgehead atoms. The molecular formula is C24H31NO4S. The molecule has 2 aromatic rings. The predicted octanol–water partition coefficient (Wildman–Crippen LogP) is 4.79. The Bertz CT molecular complexity index is 1060. The van der Waals surface area contributed by atoms with Crippen molar-refractivity contribution in [3.05, 3.63) is 57.6 Å². The van der Waals surface area contributed by atoms with Crippen LogP contribution in [0.5, 0.6) is 0 Å². The Morgan fingerprint density at radius 3 is 2.40 bits per heavy atom. The summed E-state index contributed by atoms with van der Waals surface area (Å²) in [7, 11) is -2.01. The quantitative estimate of drug-likeness (QED) is 0.490. The van der Waals surface area contributed by atoms with Gasteiger partial charge in [-0.3, -0.25) is 4.31 Å². The number of nitrogens with zero attached hydrogens (tertiary/aromatic N) is 1. The van der Waals surface area contributed by atoms with Crippen LogP contribution in [0.25, 0.3) is 0 Å². The van der Waals surface area contributed by atoms with Crippen molar-refractivity contribution in [2.45, 2.75) is 63.9 Å². The Labute approximate surface area is 180 Å². The van der Waals surface area contributed by atoms with E-state index in [4.69, 9.17) is 9.47 Å². The van der Waals surface area contributed by atoms with E-state index < -0.39 is 10.0 Å². The van der Waals surface area contributed by atoms with Crippen molar-refractivity contribution in [2.75, 3.05) is 24.8 Å². The van der Waals surface area contributed by atoms with Gasteiger partial charge in [-0.2, -0.15) is 0 Å². The Kier molecular flexibility index (Phi) is 5.68. The number of fused-ring (bicyclic) bond motifs is 3. The van der Waals surface area contributed by atoms with E-state index in [0.717, 1.165) is 28.8 Å². The molecule has 0 amide bonds. The fourth-order valence-corrected chi connectivity index (χ4v) is 6.82. The van der Waals surface area contributed by atoms with Crippen LogP contribution in [0.4, 0.5) is 5.69 Å². The van der Waals surface area contributed by atoms with Crippen molar-refractivity contribution < 1.29 is 17.9 Å². The molecule has 6 heteroatoms. The van der Waals surface area contributed by atoms with Gasteiger partial charge in [0.25, 0.3) is 10.0 Å². The summed E-state index contributed by atoms with van der Waals surface area (Å²) in [5.74, 6) is 0.746. The van der Waals surface area contributed by atoms with E-state index in [1.165, 1.54) is 16.7 Å². The summed E-state index contributed by atoms with van der Waals surface area (Å²) >= 11 is 0. The van der Waals surface area contributed by atoms with Crippen LogP contribution in [0.2, 0.25) is 0 Å². The van der Waals surface area contributed by atoms with Gasteiger partial charge in [-0.25, -0.2) is 8.42 Å². The molecule has 30 heavy (non-hydrogen) atoms. The van der Waals surface area contributed by atoms with Crippen LogP contribution < -0.4 is 4.31 Å². The highest BCUT2D eigenvalue weighted by Crippen LogP contribution is 2.53. The lowest BCUT2D eigenvalue weighted by atomic mass is 9.88. The van der Waals surface area contributed by atoms with E-state index in [1.54, 1.807) is 23.5 Å². The highest BCUT2D eigenvalue weighted by atomic mass is 32.2. The summed E-state index contributed by atoms with van der Waals surface area (Å²) in [6, 6.07) is 7.15. The molecule has 0 radical (unpaired) electrons. The summed E-state index contributed by atoms with van der Waals surface area (Å²) in [5.41, 5.74) is 7.99. The Balaban J connectivity index is 1.89. The molecule has 0 saturated heterocycles. The number of ether oxygens (including phenoxy) is 2. The average Bonchev–Trinajstić information content (AvgIpc) is 3.26. The molecule has 1 aliphatic carbocycles. The highest BCUT2D eigenvalue weighted by molar-refractivity contribution is 7.92. The predicted molar refractivity (Wildman–Crippen MR) is 119 cm³/mol. The Morgan fingerprint density at radius 2 is 1.73 bits per heavy atom. The molecule has 0 unspecified atom stereocenters. The van der Waals surface area contributed by atoms with Crippen molar-refractivity contribution in [3.8, 4) is 0 Å². The molecule has 2 aromatic carbocycles. The van der Waals surface area contributed by atoms with Crippen LogP contribution in [0.15, 0.2) is 29.2 Å². The van der Waals surface area contributed by atoms with Gasteiger partial charge in [0.15, 0.2) is 0 Å². The average molecular weight is 430 g/mol. The molecule has 4 rings (SSSR count). The fraction of sp³-hybridized carbons (Fsp3) is 0.500. The summed E-state index contributed by atoms with van der Waals surface area (Å²) < 4.78 is 39.7. The van der Waals surface area contributed by atoms with E-state index in [9.17, 15) is 8.42 Å². The fourth-order valence-electron chi connectivity index (χ4n) is 5.30. The van der Waals surface area contributed by atoms with Gasteiger partial charge in [0.1, 0.15) is 6.79 Å². The first kappa shape index (κ1) is 21.3. The van der Waals surface area contributed by atoms with Gasteiger partial charge >= 0.3 is 0 Å². The van der Waals surface area contributed by atoms with Crippen molar-refractivity contribution in [3.63, 3.8) is 0 Å². The van der Waals surface area contributed by atoms with E-state index in [1.807, 2.05) is 19.1 Å². The standard InChI is InChI=1S/C24H31NO4S/c1-15-6-8-19(9-7-15)30(26,27)25-11-10-20-21(13-29-14-28-5)18(4)22-16(2)12-17(3)23(22)24(20)25/h6-9,16-17H,10-14H2,1-5H3/t16-,17+/m0/s1. The van der Waals surface area contributed by atoms with Gasteiger partial charge in [-0.1, -0.05) is 31.5 Å². The van der Waals surface area contributed by atoms with Crippen LogP contribution in [-0.2, 0) is 32.5 Å². The number of sulfonamides is 1. The number of hydrogen-bond donors (Lipinski definition) is 0. The third kappa shape index (κ3) is 3.35. The first-order valence-corrected chi connectivity index (χ1v) is 12.1. The van der Waals surface area contributed by atoms with Crippen LogP contribution in [-0.4, -0.2) is 28.9 Å². The number of aryl methyl sites for hydroxylation is 1. The molecular weight excluding hydrogens is 398 g/mol. The lowest BCUT2D eigenvalue weighted by Crippen LogP contribution is -2.30. The zero-order valence-corrected chi connectivity index (χ0v) is 19.3. The maximum Gasteiger partial charge on any atom is 0.264 e. The van der Waals surface area contributed by atoms with E-state index >= 15 is 0 Å². The first-order chi connectivity index (χ1) is 14.3. The molecule has 2 atom stereocenters. The van der Waals surface area contributed by atoms with Gasteiger partial charge in [0, 0.05) is 13.7 Å². The van der Waals surface area contributed by atoms with E-state index in [2.05, 4.69) is 20.8 Å². The van der Waals surface area contributed by atoms with Gasteiger partial charge in [-0.15, -0.1) is 0 Å². The van der Waals surface area contributed by atoms with Crippen LogP contribution in [0.1, 0.15) is 65.5 Å². The lowest BCUT2D eigenvalue weighted by Gasteiger charge is -2.26. The first-order valence-electron chi connectivity index (χ1n) is 10.6. The maximum absolute atomic E-state index is 13.6. The zero-order valence-electron chi connectivity index (χ0n) is 18.5. The summed E-state index contributed by atoms with van der Waals surface area (Å²) in [5, 5.41) is 0. The van der Waals surface area contributed by atoms with Gasteiger partial charge < -0.3 is 9.47 Å². The molecule has 0 spiro atoms. The Hall–Kier alpha value is -1.89. The molecule has 0 aromatic heterocycles. The van der Waals surface area contributed by atoms with Crippen molar-refractivity contribution in [1.29, 1.82) is 0 Å². The van der Waals surface area contributed by atoms with E-state index in [0.29, 0.717) is 36.3 Å². The lowest BCUT2D eigenvalue weighted by molar-refractivity contribution is -0.0393. The number of anilines is 1. The number of benzene rings is 2. The Morgan fingerprint density at radius 1 is 1.07 bits per heavy atom. The number of hydrogen-bond acceptors (Lipinski definition) is 4. The largest absolute Gasteiger partial charge is 0.359 e. The summed E-state index contributed by atoms with van der Waals surface area (Å²) in [4.78, 5) is 0.353.